The fraction of sp³-hybridized carbons (Fsp3) is 0.600. The summed E-state index contributed by atoms with van der Waals surface area (Å²) in [5, 5.41) is 0. The maximum absolute atomic E-state index is 12.7. The van der Waals surface area contributed by atoms with Crippen molar-refractivity contribution in [2.24, 2.45) is 35.5 Å². The van der Waals surface area contributed by atoms with Crippen LogP contribution in [0, 0.1) is 35.5 Å². The molecule has 6 atom stereocenters. The van der Waals surface area contributed by atoms with Crippen molar-refractivity contribution >= 4 is 11.9 Å². The van der Waals surface area contributed by atoms with Crippen molar-refractivity contribution in [3.63, 3.8) is 0 Å². The monoisotopic (exact) mass is 346 g/mol. The van der Waals surface area contributed by atoms with Gasteiger partial charge in [0.25, 0.3) is 0 Å². The van der Waals surface area contributed by atoms with Gasteiger partial charge in [-0.3, -0.25) is 9.59 Å². The second kappa shape index (κ2) is 7.06. The molecule has 0 heterocycles. The first-order valence-electron chi connectivity index (χ1n) is 8.85. The summed E-state index contributed by atoms with van der Waals surface area (Å²) in [5.41, 5.74) is 0.919. The number of hydrogen-bond donors (Lipinski definition) is 0. The largest absolute Gasteiger partial charge is 0.497 e. The highest BCUT2D eigenvalue weighted by molar-refractivity contribution is 5.78. The van der Waals surface area contributed by atoms with Crippen molar-refractivity contribution in [2.45, 2.75) is 26.9 Å². The summed E-state index contributed by atoms with van der Waals surface area (Å²) < 4.78 is 15.7. The van der Waals surface area contributed by atoms with Gasteiger partial charge in [-0.1, -0.05) is 26.0 Å². The van der Waals surface area contributed by atoms with Gasteiger partial charge in [-0.25, -0.2) is 0 Å². The van der Waals surface area contributed by atoms with Crippen LogP contribution in [0.3, 0.4) is 0 Å². The van der Waals surface area contributed by atoms with E-state index in [0.717, 1.165) is 17.7 Å². The highest BCUT2D eigenvalue weighted by Gasteiger charge is 2.60. The molecule has 2 fully saturated rings. The van der Waals surface area contributed by atoms with Gasteiger partial charge >= 0.3 is 11.9 Å². The Hall–Kier alpha value is -2.04. The van der Waals surface area contributed by atoms with Crippen molar-refractivity contribution in [1.29, 1.82) is 0 Å². The molecule has 2 aliphatic carbocycles. The van der Waals surface area contributed by atoms with Crippen LogP contribution < -0.4 is 4.74 Å². The van der Waals surface area contributed by atoms with E-state index in [-0.39, 0.29) is 48.1 Å². The summed E-state index contributed by atoms with van der Waals surface area (Å²) in [5.74, 6) is 0.886. The molecule has 25 heavy (non-hydrogen) atoms. The van der Waals surface area contributed by atoms with Crippen LogP contribution in [0.1, 0.15) is 25.8 Å². The molecule has 0 amide bonds. The molecule has 0 radical (unpaired) electrons. The van der Waals surface area contributed by atoms with Crippen LogP contribution in [0.4, 0.5) is 0 Å². The summed E-state index contributed by atoms with van der Waals surface area (Å²) >= 11 is 0. The van der Waals surface area contributed by atoms with Gasteiger partial charge in [-0.15, -0.1) is 0 Å². The Morgan fingerprint density at radius 2 is 1.56 bits per heavy atom. The van der Waals surface area contributed by atoms with Crippen LogP contribution >= 0.6 is 0 Å². The first kappa shape index (κ1) is 17.8. The van der Waals surface area contributed by atoms with Crippen molar-refractivity contribution in [3.05, 3.63) is 29.8 Å². The Bertz CT molecular complexity index is 638. The molecule has 5 heteroatoms. The van der Waals surface area contributed by atoms with Crippen LogP contribution in [-0.2, 0) is 25.7 Å². The lowest BCUT2D eigenvalue weighted by molar-refractivity contribution is -0.160. The fourth-order valence-electron chi connectivity index (χ4n) is 4.94. The first-order chi connectivity index (χ1) is 12.0. The van der Waals surface area contributed by atoms with Gasteiger partial charge in [-0.2, -0.15) is 0 Å². The lowest BCUT2D eigenvalue weighted by Crippen LogP contribution is -2.41. The standard InChI is InChI=1S/C20H26O5/c1-11-15-9-16(17(11)19(21)24-4)18(12(15)2)20(22)25-10-13-5-7-14(23-3)8-6-13/h5-8,11-12,15-18H,9-10H2,1-4H3/t11-,12-,15?,16?,17-,18-/m1/s1. The second-order valence-electron chi connectivity index (χ2n) is 7.31. The molecule has 2 saturated carbocycles. The van der Waals surface area contributed by atoms with Crippen molar-refractivity contribution in [2.75, 3.05) is 14.2 Å². The third kappa shape index (κ3) is 3.12. The lowest BCUT2D eigenvalue weighted by Gasteiger charge is -2.35. The minimum Gasteiger partial charge on any atom is -0.497 e. The molecule has 136 valence electrons. The normalized spacial score (nSPS) is 33.1. The van der Waals surface area contributed by atoms with Crippen molar-refractivity contribution in [3.8, 4) is 5.75 Å². The van der Waals surface area contributed by atoms with Crippen LogP contribution in [0.2, 0.25) is 0 Å². The van der Waals surface area contributed by atoms with Crippen LogP contribution in [0.25, 0.3) is 0 Å². The number of hydrogen-bond acceptors (Lipinski definition) is 5. The van der Waals surface area contributed by atoms with E-state index >= 15 is 0 Å². The van der Waals surface area contributed by atoms with E-state index in [0.29, 0.717) is 5.92 Å². The van der Waals surface area contributed by atoms with Crippen LogP contribution in [0.5, 0.6) is 5.75 Å². The van der Waals surface area contributed by atoms with Gasteiger partial charge in [0.05, 0.1) is 26.1 Å². The minimum absolute atomic E-state index is 0.0332. The summed E-state index contributed by atoms with van der Waals surface area (Å²) in [6.45, 7) is 4.44. The van der Waals surface area contributed by atoms with Crippen molar-refractivity contribution in [1.82, 2.24) is 0 Å². The molecule has 0 aromatic heterocycles. The Balaban J connectivity index is 1.66. The molecular weight excluding hydrogens is 320 g/mol. The van der Waals surface area contributed by atoms with E-state index in [4.69, 9.17) is 14.2 Å². The molecule has 5 nitrogen and oxygen atoms in total. The summed E-state index contributed by atoms with van der Waals surface area (Å²) in [7, 11) is 3.03. The maximum Gasteiger partial charge on any atom is 0.309 e. The molecule has 1 aromatic rings. The molecule has 2 aliphatic rings. The van der Waals surface area contributed by atoms with Gasteiger partial charge in [-0.05, 0) is 47.8 Å². The number of fused-ring (bicyclic) bond motifs is 2. The van der Waals surface area contributed by atoms with Gasteiger partial charge in [0.1, 0.15) is 12.4 Å². The number of ether oxygens (including phenoxy) is 3. The number of carbonyl (C=O) groups is 2. The Labute approximate surface area is 148 Å². The Morgan fingerprint density at radius 1 is 0.960 bits per heavy atom. The molecule has 0 N–H and O–H groups in total. The number of benzene rings is 1. The molecule has 1 aromatic carbocycles. The van der Waals surface area contributed by atoms with Crippen LogP contribution in [0.15, 0.2) is 24.3 Å². The molecule has 3 rings (SSSR count). The smallest absolute Gasteiger partial charge is 0.309 e. The van der Waals surface area contributed by atoms with Crippen molar-refractivity contribution < 1.29 is 23.8 Å². The predicted octanol–water partition coefficient (Wildman–Crippen LogP) is 3.07. The zero-order valence-electron chi connectivity index (χ0n) is 15.2. The van der Waals surface area contributed by atoms with E-state index in [1.807, 2.05) is 24.3 Å². The average Bonchev–Trinajstić information content (AvgIpc) is 3.13. The summed E-state index contributed by atoms with van der Waals surface area (Å²) in [4.78, 5) is 24.8. The first-order valence-corrected chi connectivity index (χ1v) is 8.85. The SMILES string of the molecule is COC(=O)[C@H]1C2CC([C@H]1C)[C@@H](C)[C@H]2C(=O)OCc1ccc(OC)cc1. The number of methoxy groups -OCH3 is 2. The molecule has 2 bridgehead atoms. The zero-order chi connectivity index (χ0) is 18.1. The van der Waals surface area contributed by atoms with E-state index < -0.39 is 0 Å². The van der Waals surface area contributed by atoms with E-state index in [9.17, 15) is 9.59 Å². The second-order valence-corrected chi connectivity index (χ2v) is 7.31. The number of carbonyl (C=O) groups excluding carboxylic acids is 2. The lowest BCUT2D eigenvalue weighted by atomic mass is 9.69. The maximum atomic E-state index is 12.7. The quantitative estimate of drug-likeness (QED) is 0.767. The summed E-state index contributed by atoms with van der Waals surface area (Å²) in [6, 6.07) is 7.46. The van der Waals surface area contributed by atoms with E-state index in [1.54, 1.807) is 7.11 Å². The van der Waals surface area contributed by atoms with E-state index in [1.165, 1.54) is 7.11 Å². The van der Waals surface area contributed by atoms with Crippen LogP contribution in [-0.4, -0.2) is 26.2 Å². The number of rotatable bonds is 5. The van der Waals surface area contributed by atoms with E-state index in [2.05, 4.69) is 13.8 Å². The fourth-order valence-corrected chi connectivity index (χ4v) is 4.94. The Kier molecular flexibility index (Phi) is 5.02. The van der Waals surface area contributed by atoms with Gasteiger partial charge in [0.15, 0.2) is 0 Å². The molecule has 0 spiro atoms. The van der Waals surface area contributed by atoms with Gasteiger partial charge in [0.2, 0.25) is 0 Å². The predicted molar refractivity (Wildman–Crippen MR) is 91.7 cm³/mol. The molecule has 0 saturated heterocycles. The van der Waals surface area contributed by atoms with Gasteiger partial charge in [0, 0.05) is 0 Å². The van der Waals surface area contributed by atoms with Gasteiger partial charge < -0.3 is 14.2 Å². The zero-order valence-corrected chi connectivity index (χ0v) is 15.2. The highest BCUT2D eigenvalue weighted by atomic mass is 16.5. The third-order valence-electron chi connectivity index (χ3n) is 6.24. The minimum atomic E-state index is -0.219. The topological polar surface area (TPSA) is 61.8 Å². The number of esters is 2. The average molecular weight is 346 g/mol. The molecule has 2 unspecified atom stereocenters. The third-order valence-corrected chi connectivity index (χ3v) is 6.24. The summed E-state index contributed by atoms with van der Waals surface area (Å²) in [6.07, 6.45) is 0.907. The highest BCUT2D eigenvalue weighted by Crippen LogP contribution is 2.58. The molecule has 0 aliphatic heterocycles. The molecular formula is C20H26O5. The Morgan fingerprint density at radius 3 is 2.08 bits per heavy atom.